The second kappa shape index (κ2) is 22.9. The van der Waals surface area contributed by atoms with Crippen LogP contribution in [0.15, 0.2) is 30.3 Å². The number of aromatic nitrogens is 1. The predicted molar refractivity (Wildman–Crippen MR) is 194 cm³/mol. The normalized spacial score (nSPS) is 20.3. The molecule has 6 atom stereocenters. The fourth-order valence-corrected chi connectivity index (χ4v) is 5.62. The van der Waals surface area contributed by atoms with E-state index < -0.39 is 73.3 Å². The Hall–Kier alpha value is -4.01. The first-order valence-corrected chi connectivity index (χ1v) is 17.2. The lowest BCUT2D eigenvalue weighted by Gasteiger charge is -2.42. The molecule has 2 heterocycles. The molecule has 53 heavy (non-hydrogen) atoms. The van der Waals surface area contributed by atoms with Gasteiger partial charge in [-0.1, -0.05) is 25.6 Å². The molecular weight excluding hydrogens is 694 g/mol. The summed E-state index contributed by atoms with van der Waals surface area (Å²) in [5.74, 6) is -2.51. The smallest absolute Gasteiger partial charge is 0.243 e. The molecule has 1 saturated heterocycles. The highest BCUT2D eigenvalue weighted by atomic mass is 16.5. The van der Waals surface area contributed by atoms with Crippen LogP contribution >= 0.6 is 0 Å². The summed E-state index contributed by atoms with van der Waals surface area (Å²) in [5, 5.41) is 43.7. The average molecular weight is 752 g/mol. The number of aliphatic hydroxyl groups is 3. The van der Waals surface area contributed by atoms with Gasteiger partial charge in [0, 0.05) is 51.1 Å². The maximum Gasteiger partial charge on any atom is 0.243 e. The number of aryl methyl sites for hydroxylation is 1. The first-order chi connectivity index (χ1) is 24.8. The lowest BCUT2D eigenvalue weighted by atomic mass is 9.95. The second-order valence-electron chi connectivity index (χ2n) is 12.5. The largest absolute Gasteiger partial charge is 0.394 e. The number of aliphatic hydroxyl groups excluding tert-OH is 3. The van der Waals surface area contributed by atoms with Crippen LogP contribution in [0.4, 0.5) is 0 Å². The Balaban J connectivity index is 0.00000972. The number of hydrazine groups is 1. The van der Waals surface area contributed by atoms with E-state index in [1.165, 1.54) is 13.8 Å². The van der Waals surface area contributed by atoms with Gasteiger partial charge in [0.25, 0.3) is 0 Å². The molecule has 18 nitrogen and oxygen atoms in total. The highest BCUT2D eigenvalue weighted by molar-refractivity contribution is 5.92. The third kappa shape index (κ3) is 14.4. The lowest BCUT2D eigenvalue weighted by Crippen LogP contribution is -2.68. The van der Waals surface area contributed by atoms with Crippen molar-refractivity contribution in [3.05, 3.63) is 36.0 Å². The fraction of sp³-hybridized carbons (Fsp3) is 0.629. The van der Waals surface area contributed by atoms with Gasteiger partial charge in [0.1, 0.15) is 36.2 Å². The number of benzene rings is 1. The van der Waals surface area contributed by atoms with Crippen LogP contribution in [0.2, 0.25) is 0 Å². The third-order valence-electron chi connectivity index (χ3n) is 8.40. The van der Waals surface area contributed by atoms with Crippen molar-refractivity contribution in [3.63, 3.8) is 0 Å². The van der Waals surface area contributed by atoms with Gasteiger partial charge in [0.2, 0.25) is 23.6 Å². The Bertz CT molecular complexity index is 1490. The summed E-state index contributed by atoms with van der Waals surface area (Å²) in [6, 6.07) is 7.19. The van der Waals surface area contributed by atoms with E-state index in [-0.39, 0.29) is 59.1 Å². The average Bonchev–Trinajstić information content (AvgIpc) is 3.45. The highest BCUT2D eigenvalue weighted by Crippen LogP contribution is 2.22. The van der Waals surface area contributed by atoms with Crippen LogP contribution in [-0.2, 0) is 51.3 Å². The van der Waals surface area contributed by atoms with Crippen LogP contribution in [0, 0.1) is 0 Å². The Morgan fingerprint density at radius 3 is 2.32 bits per heavy atom. The van der Waals surface area contributed by atoms with E-state index >= 15 is 0 Å². The lowest BCUT2D eigenvalue weighted by molar-refractivity contribution is -0.203. The molecule has 2 aromatic rings. The van der Waals surface area contributed by atoms with Gasteiger partial charge in [0.05, 0.1) is 46.0 Å². The molecule has 1 aliphatic heterocycles. The zero-order valence-electron chi connectivity index (χ0n) is 30.1. The number of ether oxygens (including phenoxy) is 3. The molecule has 1 aromatic carbocycles. The summed E-state index contributed by atoms with van der Waals surface area (Å²) in [4.78, 5) is 62.8. The molecule has 18 heteroatoms. The van der Waals surface area contributed by atoms with E-state index in [1.807, 2.05) is 47.0 Å². The zero-order valence-corrected chi connectivity index (χ0v) is 30.1. The topological polar surface area (TPSA) is 242 Å². The molecule has 0 aliphatic carbocycles. The predicted octanol–water partition coefficient (Wildman–Crippen LogP) is -1.70. The van der Waals surface area contributed by atoms with Crippen LogP contribution in [0.25, 0.3) is 10.9 Å². The molecule has 1 fully saturated rings. The molecule has 0 spiro atoms. The summed E-state index contributed by atoms with van der Waals surface area (Å²) in [7, 11) is 3.69. The summed E-state index contributed by atoms with van der Waals surface area (Å²) in [6.45, 7) is 3.73. The van der Waals surface area contributed by atoms with Crippen molar-refractivity contribution in [2.75, 3.05) is 53.7 Å². The van der Waals surface area contributed by atoms with Gasteiger partial charge < -0.3 is 55.4 Å². The Kier molecular flexibility index (Phi) is 19.5. The number of fused-ring (bicyclic) bond motifs is 1. The minimum absolute atomic E-state index is 0. The molecule has 0 radical (unpaired) electrons. The molecule has 298 valence electrons. The van der Waals surface area contributed by atoms with E-state index in [2.05, 4.69) is 26.7 Å². The highest BCUT2D eigenvalue weighted by Gasteiger charge is 2.45. The second-order valence-corrected chi connectivity index (χ2v) is 12.5. The first kappa shape index (κ1) is 45.1. The number of ketones is 1. The number of nitrogens with zero attached hydrogens (tertiary/aromatic N) is 2. The van der Waals surface area contributed by atoms with Gasteiger partial charge in [-0.3, -0.25) is 29.4 Å². The van der Waals surface area contributed by atoms with Crippen molar-refractivity contribution in [1.82, 2.24) is 36.3 Å². The third-order valence-corrected chi connectivity index (χ3v) is 8.40. The van der Waals surface area contributed by atoms with Crippen molar-refractivity contribution < 1.29 is 53.5 Å². The summed E-state index contributed by atoms with van der Waals surface area (Å²) in [5.41, 5.74) is 4.95. The Morgan fingerprint density at radius 1 is 0.962 bits per heavy atom. The van der Waals surface area contributed by atoms with Gasteiger partial charge in [0.15, 0.2) is 6.23 Å². The van der Waals surface area contributed by atoms with E-state index in [9.17, 15) is 39.3 Å². The number of amides is 4. The first-order valence-electron chi connectivity index (χ1n) is 17.2. The van der Waals surface area contributed by atoms with Crippen molar-refractivity contribution in [2.45, 2.75) is 90.2 Å². The summed E-state index contributed by atoms with van der Waals surface area (Å²) >= 11 is 0. The van der Waals surface area contributed by atoms with E-state index in [4.69, 9.17) is 14.2 Å². The summed E-state index contributed by atoms with van der Waals surface area (Å²) < 4.78 is 18.4. The number of hydrogen-bond donors (Lipinski definition) is 8. The number of carbonyl (C=O) groups is 5. The molecule has 3 rings (SSSR count). The number of hydrogen-bond acceptors (Lipinski definition) is 13. The van der Waals surface area contributed by atoms with Crippen molar-refractivity contribution in [3.8, 4) is 0 Å². The zero-order chi connectivity index (χ0) is 38.2. The van der Waals surface area contributed by atoms with E-state index in [1.54, 1.807) is 7.05 Å². The molecule has 4 amide bonds. The minimum Gasteiger partial charge on any atom is -0.394 e. The molecule has 1 aromatic heterocycles. The fourth-order valence-electron chi connectivity index (χ4n) is 5.62. The van der Waals surface area contributed by atoms with Gasteiger partial charge >= 0.3 is 0 Å². The van der Waals surface area contributed by atoms with Crippen molar-refractivity contribution in [2.24, 2.45) is 0 Å². The van der Waals surface area contributed by atoms with Crippen LogP contribution in [0.5, 0.6) is 0 Å². The van der Waals surface area contributed by atoms with E-state index in [0.717, 1.165) is 16.6 Å². The number of Topliss-reactive ketones (excluding diaryl/α,β-unsaturated/α-hetero) is 1. The number of nitrogens with one attached hydrogen (secondary N) is 5. The standard InChI is InChI=1S/C34H53N7O11.CH4/c1-21(43)10-13-50-15-16-51-14-11-36-33(49)25(18-29(46)39-34-30(37-22(2)44)32(48)31(47)27(20-42)52-34)38-28(45)9-12-41-24(19-40(4)35-3)17-23-7-5-6-8-26(23)41;/h5-8,17,25,27,30-32,34-35,42,47-48H,9-16,18-20H2,1-4H3,(H,36,49)(H,37,44)(H,38,45)(H,39,46);1H4/t25-,27-,30-,31-,32-,34-;/m0./s1. The monoisotopic (exact) mass is 751 g/mol. The maximum atomic E-state index is 13.3. The Morgan fingerprint density at radius 2 is 1.66 bits per heavy atom. The number of rotatable bonds is 22. The molecule has 0 unspecified atom stereocenters. The van der Waals surface area contributed by atoms with Gasteiger partial charge in [-0.05, 0) is 31.5 Å². The molecular formula is C35H57N7O11. The SMILES string of the molecule is C.CNN(C)Cc1cc2ccccc2n1CCC(=O)N[C@@H](CC(=O)N[C@H]1O[C@@H](CO)[C@H](O)[C@@H](O)[C@@H]1NC(C)=O)C(=O)NCCOCCOCCC(C)=O. The molecule has 0 saturated carbocycles. The van der Waals surface area contributed by atoms with Crippen LogP contribution in [-0.4, -0.2) is 145 Å². The summed E-state index contributed by atoms with van der Waals surface area (Å²) in [6.07, 6.45) is -6.08. The van der Waals surface area contributed by atoms with Crippen molar-refractivity contribution in [1.29, 1.82) is 0 Å². The van der Waals surface area contributed by atoms with Gasteiger partial charge in [-0.2, -0.15) is 0 Å². The molecule has 1 aliphatic rings. The van der Waals surface area contributed by atoms with Crippen LogP contribution in [0.1, 0.15) is 46.2 Å². The Labute approximate surface area is 309 Å². The van der Waals surface area contributed by atoms with Crippen LogP contribution in [0.3, 0.4) is 0 Å². The maximum absolute atomic E-state index is 13.3. The van der Waals surface area contributed by atoms with E-state index in [0.29, 0.717) is 13.0 Å². The van der Waals surface area contributed by atoms with Crippen LogP contribution < -0.4 is 26.7 Å². The molecule has 0 bridgehead atoms. The minimum atomic E-state index is -1.60. The quantitative estimate of drug-likeness (QED) is 0.0495. The van der Waals surface area contributed by atoms with Gasteiger partial charge in [-0.25, -0.2) is 5.01 Å². The van der Waals surface area contributed by atoms with Gasteiger partial charge in [-0.15, -0.1) is 0 Å². The van der Waals surface area contributed by atoms with Crippen molar-refractivity contribution >= 4 is 40.3 Å². The molecule has 8 N–H and O–H groups in total. The number of carbonyl (C=O) groups excluding carboxylic acids is 5. The number of para-hydroxylation sites is 1.